The van der Waals surface area contributed by atoms with Crippen LogP contribution < -0.4 is 5.32 Å². The zero-order valence-electron chi connectivity index (χ0n) is 11.7. The van der Waals surface area contributed by atoms with Gasteiger partial charge in [-0.2, -0.15) is 0 Å². The molecule has 0 aliphatic carbocycles. The summed E-state index contributed by atoms with van der Waals surface area (Å²) in [6, 6.07) is 5.30. The topological polar surface area (TPSA) is 89.3 Å². The van der Waals surface area contributed by atoms with Crippen LogP contribution in [0.15, 0.2) is 28.1 Å². The average Bonchev–Trinajstić information content (AvgIpc) is 3.06. The van der Waals surface area contributed by atoms with Crippen molar-refractivity contribution >= 4 is 27.1 Å². The van der Waals surface area contributed by atoms with Crippen molar-refractivity contribution in [3.63, 3.8) is 0 Å². The molecule has 114 valence electrons. The van der Waals surface area contributed by atoms with E-state index in [2.05, 4.69) is 10.5 Å². The zero-order valence-corrected chi connectivity index (χ0v) is 13.3. The van der Waals surface area contributed by atoms with Crippen molar-refractivity contribution in [2.24, 2.45) is 0 Å². The highest BCUT2D eigenvalue weighted by Crippen LogP contribution is 2.13. The van der Waals surface area contributed by atoms with Crippen molar-refractivity contribution in [2.75, 3.05) is 0 Å². The predicted molar refractivity (Wildman–Crippen MR) is 79.5 cm³/mol. The van der Waals surface area contributed by atoms with Gasteiger partial charge in [0.2, 0.25) is 5.91 Å². The van der Waals surface area contributed by atoms with Crippen LogP contribution in [-0.4, -0.2) is 24.7 Å². The fourth-order valence-corrected chi connectivity index (χ4v) is 3.54. The molecule has 8 heteroatoms. The van der Waals surface area contributed by atoms with Crippen molar-refractivity contribution in [3.05, 3.63) is 39.9 Å². The Bertz CT molecular complexity index is 704. The van der Waals surface area contributed by atoms with Crippen LogP contribution in [0.4, 0.5) is 0 Å². The second kappa shape index (κ2) is 6.40. The maximum Gasteiger partial charge on any atom is 0.238 e. The molecular weight excluding hydrogens is 312 g/mol. The number of nitrogens with one attached hydrogen (secondary N) is 1. The van der Waals surface area contributed by atoms with Crippen LogP contribution >= 0.6 is 11.3 Å². The molecule has 2 aromatic heterocycles. The van der Waals surface area contributed by atoms with E-state index in [-0.39, 0.29) is 11.5 Å². The van der Waals surface area contributed by atoms with E-state index >= 15 is 0 Å². The van der Waals surface area contributed by atoms with Crippen molar-refractivity contribution in [2.45, 2.75) is 31.4 Å². The van der Waals surface area contributed by atoms with Gasteiger partial charge in [0, 0.05) is 10.9 Å². The summed E-state index contributed by atoms with van der Waals surface area (Å²) in [6.07, 6.45) is 0. The first-order chi connectivity index (χ1) is 9.88. The number of sulfone groups is 1. The molecule has 0 aliphatic rings. The third kappa shape index (κ3) is 4.15. The molecule has 2 heterocycles. The van der Waals surface area contributed by atoms with Crippen molar-refractivity contribution in [1.29, 1.82) is 0 Å². The smallest absolute Gasteiger partial charge is 0.238 e. The van der Waals surface area contributed by atoms with Crippen molar-refractivity contribution < 1.29 is 17.7 Å². The number of hydrogen-bond donors (Lipinski definition) is 1. The average molecular weight is 328 g/mol. The first kappa shape index (κ1) is 15.7. The van der Waals surface area contributed by atoms with Crippen LogP contribution in [-0.2, 0) is 26.9 Å². The first-order valence-electron chi connectivity index (χ1n) is 6.32. The molecule has 0 bridgehead atoms. The van der Waals surface area contributed by atoms with E-state index in [1.807, 2.05) is 17.5 Å². The Kier molecular flexibility index (Phi) is 4.79. The van der Waals surface area contributed by atoms with Gasteiger partial charge in [0.05, 0.1) is 12.2 Å². The van der Waals surface area contributed by atoms with E-state index in [0.29, 0.717) is 12.2 Å². The molecule has 21 heavy (non-hydrogen) atoms. The summed E-state index contributed by atoms with van der Waals surface area (Å²) < 4.78 is 29.2. The highest BCUT2D eigenvalue weighted by Gasteiger charge is 2.29. The molecule has 1 atom stereocenters. The van der Waals surface area contributed by atoms with Crippen LogP contribution in [0.2, 0.25) is 0 Å². The van der Waals surface area contributed by atoms with Gasteiger partial charge in [-0.05, 0) is 25.3 Å². The molecule has 0 spiro atoms. The number of amides is 1. The number of thiophene rings is 1. The van der Waals surface area contributed by atoms with Crippen LogP contribution in [0, 0.1) is 6.92 Å². The number of rotatable bonds is 6. The molecule has 0 saturated carbocycles. The number of hydrogen-bond acceptors (Lipinski definition) is 6. The fourth-order valence-electron chi connectivity index (χ4n) is 1.70. The Hall–Kier alpha value is -1.67. The van der Waals surface area contributed by atoms with E-state index < -0.39 is 21.0 Å². The lowest BCUT2D eigenvalue weighted by Gasteiger charge is -2.11. The SMILES string of the molecule is Cc1cc(CS(=O)(=O)[C@@H](C)C(=O)NCc2cccs2)on1. The van der Waals surface area contributed by atoms with Gasteiger partial charge in [0.25, 0.3) is 0 Å². The van der Waals surface area contributed by atoms with Gasteiger partial charge in [-0.25, -0.2) is 8.42 Å². The van der Waals surface area contributed by atoms with Crippen LogP contribution in [0.5, 0.6) is 0 Å². The maximum absolute atomic E-state index is 12.2. The molecule has 2 rings (SSSR count). The second-order valence-electron chi connectivity index (χ2n) is 4.68. The zero-order chi connectivity index (χ0) is 15.5. The molecule has 0 saturated heterocycles. The lowest BCUT2D eigenvalue weighted by molar-refractivity contribution is -0.120. The molecule has 0 aromatic carbocycles. The maximum atomic E-state index is 12.2. The quantitative estimate of drug-likeness (QED) is 0.871. The van der Waals surface area contributed by atoms with Gasteiger partial charge in [0.1, 0.15) is 11.0 Å². The summed E-state index contributed by atoms with van der Waals surface area (Å²) in [5, 5.41) is 7.02. The van der Waals surface area contributed by atoms with Gasteiger partial charge in [-0.3, -0.25) is 4.79 Å². The molecule has 0 fully saturated rings. The van der Waals surface area contributed by atoms with Crippen molar-refractivity contribution in [1.82, 2.24) is 10.5 Å². The lowest BCUT2D eigenvalue weighted by Crippen LogP contribution is -2.37. The summed E-state index contributed by atoms with van der Waals surface area (Å²) >= 11 is 1.50. The molecular formula is C13H16N2O4S2. The molecule has 2 aromatic rings. The number of aromatic nitrogens is 1. The number of carbonyl (C=O) groups excluding carboxylic acids is 1. The van der Waals surface area contributed by atoms with Crippen molar-refractivity contribution in [3.8, 4) is 0 Å². The van der Waals surface area contributed by atoms with Gasteiger partial charge in [-0.15, -0.1) is 11.3 Å². The molecule has 0 aliphatic heterocycles. The molecule has 1 amide bonds. The van der Waals surface area contributed by atoms with Gasteiger partial charge < -0.3 is 9.84 Å². The number of carbonyl (C=O) groups is 1. The second-order valence-corrected chi connectivity index (χ2v) is 8.03. The Morgan fingerprint density at radius 3 is 2.86 bits per heavy atom. The van der Waals surface area contributed by atoms with Gasteiger partial charge in [0.15, 0.2) is 15.6 Å². The minimum absolute atomic E-state index is 0.241. The Balaban J connectivity index is 1.96. The minimum Gasteiger partial charge on any atom is -0.360 e. The third-order valence-corrected chi connectivity index (χ3v) is 5.80. The fraction of sp³-hybridized carbons (Fsp3) is 0.385. The summed E-state index contributed by atoms with van der Waals surface area (Å²) in [7, 11) is -3.63. The largest absolute Gasteiger partial charge is 0.360 e. The highest BCUT2D eigenvalue weighted by molar-refractivity contribution is 7.92. The first-order valence-corrected chi connectivity index (χ1v) is 8.92. The monoisotopic (exact) mass is 328 g/mol. The predicted octanol–water partition coefficient (Wildman–Crippen LogP) is 1.66. The van der Waals surface area contributed by atoms with Gasteiger partial charge >= 0.3 is 0 Å². The summed E-state index contributed by atoms with van der Waals surface area (Å²) in [6.45, 7) is 3.41. The minimum atomic E-state index is -3.63. The Morgan fingerprint density at radius 2 is 2.29 bits per heavy atom. The van der Waals surface area contributed by atoms with Crippen LogP contribution in [0.3, 0.4) is 0 Å². The van der Waals surface area contributed by atoms with E-state index in [1.54, 1.807) is 13.0 Å². The lowest BCUT2D eigenvalue weighted by atomic mass is 10.4. The normalized spacial score (nSPS) is 13.0. The summed E-state index contributed by atoms with van der Waals surface area (Å²) in [4.78, 5) is 12.9. The molecule has 0 unspecified atom stereocenters. The number of nitrogens with zero attached hydrogens (tertiary/aromatic N) is 1. The standard InChI is InChI=1S/C13H16N2O4S2/c1-9-6-11(19-15-9)8-21(17,18)10(2)13(16)14-7-12-4-3-5-20-12/h3-6,10H,7-8H2,1-2H3,(H,14,16)/t10-/m0/s1. The third-order valence-electron chi connectivity index (χ3n) is 2.95. The molecule has 1 N–H and O–H groups in total. The highest BCUT2D eigenvalue weighted by atomic mass is 32.2. The molecule has 0 radical (unpaired) electrons. The van der Waals surface area contributed by atoms with Crippen LogP contribution in [0.1, 0.15) is 23.3 Å². The van der Waals surface area contributed by atoms with Gasteiger partial charge in [-0.1, -0.05) is 11.2 Å². The van der Waals surface area contributed by atoms with E-state index in [4.69, 9.17) is 4.52 Å². The number of aryl methyl sites for hydroxylation is 1. The van der Waals surface area contributed by atoms with E-state index in [1.165, 1.54) is 18.3 Å². The summed E-state index contributed by atoms with van der Waals surface area (Å²) in [5.41, 5.74) is 0.606. The van der Waals surface area contributed by atoms with E-state index in [9.17, 15) is 13.2 Å². The van der Waals surface area contributed by atoms with Crippen LogP contribution in [0.25, 0.3) is 0 Å². The molecule has 6 nitrogen and oxygen atoms in total. The van der Waals surface area contributed by atoms with E-state index in [0.717, 1.165) is 4.88 Å². The Labute approximate surface area is 127 Å². The summed E-state index contributed by atoms with van der Waals surface area (Å²) in [5.74, 6) is -0.605. The Morgan fingerprint density at radius 1 is 1.52 bits per heavy atom.